The van der Waals surface area contributed by atoms with Gasteiger partial charge >= 0.3 is 0 Å². The number of nitro benzene ring substituents is 1. The lowest BCUT2D eigenvalue weighted by Gasteiger charge is -2.07. The van der Waals surface area contributed by atoms with E-state index >= 15 is 0 Å². The van der Waals surface area contributed by atoms with Crippen LogP contribution in [0, 0.1) is 10.1 Å². The molecular weight excluding hydrogens is 282 g/mol. The van der Waals surface area contributed by atoms with Crippen molar-refractivity contribution in [1.29, 1.82) is 0 Å². The number of benzene rings is 1. The second-order valence-electron chi connectivity index (χ2n) is 4.23. The summed E-state index contributed by atoms with van der Waals surface area (Å²) in [5.41, 5.74) is -0.413. The van der Waals surface area contributed by atoms with Crippen LogP contribution in [0.3, 0.4) is 0 Å². The minimum atomic E-state index is -3.85. The smallest absolute Gasteiger partial charge is 0.289 e. The van der Waals surface area contributed by atoms with Gasteiger partial charge in [-0.05, 0) is 32.0 Å². The fourth-order valence-electron chi connectivity index (χ4n) is 1.63. The molecule has 0 aromatic heterocycles. The van der Waals surface area contributed by atoms with Crippen molar-refractivity contribution >= 4 is 15.7 Å². The second-order valence-corrected chi connectivity index (χ2v) is 5.96. The molecule has 8 heteroatoms. The lowest BCUT2D eigenvalue weighted by atomic mass is 10.3. The largest absolute Gasteiger partial charge is 0.317 e. The van der Waals surface area contributed by atoms with Crippen LogP contribution in [0.4, 0.5) is 5.69 Å². The first-order chi connectivity index (χ1) is 9.49. The van der Waals surface area contributed by atoms with Gasteiger partial charge in [0.1, 0.15) is 0 Å². The molecule has 7 nitrogen and oxygen atoms in total. The van der Waals surface area contributed by atoms with Gasteiger partial charge in [-0.15, -0.1) is 0 Å². The van der Waals surface area contributed by atoms with Crippen molar-refractivity contribution in [3.8, 4) is 0 Å². The Labute approximate surface area is 118 Å². The zero-order valence-electron chi connectivity index (χ0n) is 11.3. The van der Waals surface area contributed by atoms with Crippen LogP contribution in [-0.2, 0) is 10.0 Å². The molecule has 0 bridgehead atoms. The number of hydrogen-bond donors (Lipinski definition) is 2. The summed E-state index contributed by atoms with van der Waals surface area (Å²) in [7, 11) is -3.85. The summed E-state index contributed by atoms with van der Waals surface area (Å²) < 4.78 is 26.4. The van der Waals surface area contributed by atoms with Gasteiger partial charge in [0.15, 0.2) is 4.90 Å². The third kappa shape index (κ3) is 4.87. The zero-order valence-corrected chi connectivity index (χ0v) is 12.1. The molecule has 0 saturated carbocycles. The second kappa shape index (κ2) is 7.93. The highest BCUT2D eigenvalue weighted by Crippen LogP contribution is 2.22. The van der Waals surface area contributed by atoms with Gasteiger partial charge in [0.2, 0.25) is 10.0 Å². The Morgan fingerprint density at radius 1 is 1.20 bits per heavy atom. The molecule has 1 aromatic carbocycles. The Balaban J connectivity index is 2.63. The van der Waals surface area contributed by atoms with Gasteiger partial charge in [0.25, 0.3) is 5.69 Å². The molecule has 0 aliphatic carbocycles. The van der Waals surface area contributed by atoms with Gasteiger partial charge < -0.3 is 5.32 Å². The first-order valence-electron chi connectivity index (χ1n) is 6.43. The standard InChI is InChI=1S/C12H19N3O4S/c1-2-8-13-9-5-10-14-20(18,19)12-7-4-3-6-11(12)15(16)17/h3-4,6-7,13-14H,2,5,8-10H2,1H3. The molecule has 0 aliphatic rings. The van der Waals surface area contributed by atoms with E-state index in [0.717, 1.165) is 13.0 Å². The first kappa shape index (κ1) is 16.5. The summed E-state index contributed by atoms with van der Waals surface area (Å²) in [6.45, 7) is 3.87. The molecule has 2 N–H and O–H groups in total. The normalized spacial score (nSPS) is 11.4. The third-order valence-electron chi connectivity index (χ3n) is 2.60. The fourth-order valence-corrected chi connectivity index (χ4v) is 2.88. The number of rotatable bonds is 9. The average Bonchev–Trinajstić information content (AvgIpc) is 2.42. The van der Waals surface area contributed by atoms with Crippen LogP contribution < -0.4 is 10.0 Å². The van der Waals surface area contributed by atoms with E-state index in [2.05, 4.69) is 10.0 Å². The minimum absolute atomic E-state index is 0.241. The molecule has 112 valence electrons. The van der Waals surface area contributed by atoms with Crippen LogP contribution in [0.2, 0.25) is 0 Å². The summed E-state index contributed by atoms with van der Waals surface area (Å²) in [5.74, 6) is 0. The molecule has 0 saturated heterocycles. The summed E-state index contributed by atoms with van der Waals surface area (Å²) in [6.07, 6.45) is 1.64. The number of hydrogen-bond acceptors (Lipinski definition) is 5. The van der Waals surface area contributed by atoms with E-state index in [0.29, 0.717) is 13.0 Å². The molecule has 1 rings (SSSR count). The summed E-state index contributed by atoms with van der Waals surface area (Å²) in [6, 6.07) is 5.31. The van der Waals surface area contributed by atoms with Gasteiger partial charge in [0, 0.05) is 12.6 Å². The van der Waals surface area contributed by atoms with Gasteiger partial charge in [-0.25, -0.2) is 13.1 Å². The Hall–Kier alpha value is -1.51. The Morgan fingerprint density at radius 3 is 2.55 bits per heavy atom. The molecule has 0 spiro atoms. The van der Waals surface area contributed by atoms with E-state index in [1.54, 1.807) is 0 Å². The van der Waals surface area contributed by atoms with E-state index in [-0.39, 0.29) is 11.4 Å². The predicted molar refractivity (Wildman–Crippen MR) is 76.1 cm³/mol. The predicted octanol–water partition coefficient (Wildman–Crippen LogP) is 1.26. The highest BCUT2D eigenvalue weighted by molar-refractivity contribution is 7.89. The Kier molecular flexibility index (Phi) is 6.56. The molecule has 0 radical (unpaired) electrons. The Bertz CT molecular complexity index is 545. The fraction of sp³-hybridized carbons (Fsp3) is 0.500. The number of para-hydroxylation sites is 1. The van der Waals surface area contributed by atoms with Gasteiger partial charge in [0.05, 0.1) is 4.92 Å². The molecular formula is C12H19N3O4S. The lowest BCUT2D eigenvalue weighted by Crippen LogP contribution is -2.28. The lowest BCUT2D eigenvalue weighted by molar-refractivity contribution is -0.387. The highest BCUT2D eigenvalue weighted by atomic mass is 32.2. The molecule has 0 heterocycles. The number of nitrogens with zero attached hydrogens (tertiary/aromatic N) is 1. The monoisotopic (exact) mass is 301 g/mol. The van der Waals surface area contributed by atoms with Gasteiger partial charge in [-0.2, -0.15) is 0 Å². The van der Waals surface area contributed by atoms with Crippen LogP contribution in [-0.4, -0.2) is 33.0 Å². The molecule has 0 aliphatic heterocycles. The number of nitrogens with one attached hydrogen (secondary N) is 2. The molecule has 0 amide bonds. The molecule has 0 fully saturated rings. The van der Waals surface area contributed by atoms with E-state index in [9.17, 15) is 18.5 Å². The number of sulfonamides is 1. The van der Waals surface area contributed by atoms with Crippen molar-refractivity contribution in [2.45, 2.75) is 24.7 Å². The van der Waals surface area contributed by atoms with Crippen molar-refractivity contribution in [1.82, 2.24) is 10.0 Å². The van der Waals surface area contributed by atoms with Crippen molar-refractivity contribution < 1.29 is 13.3 Å². The van der Waals surface area contributed by atoms with Crippen molar-refractivity contribution in [2.24, 2.45) is 0 Å². The van der Waals surface area contributed by atoms with Crippen LogP contribution >= 0.6 is 0 Å². The Morgan fingerprint density at radius 2 is 1.90 bits per heavy atom. The van der Waals surface area contributed by atoms with E-state index in [1.807, 2.05) is 6.92 Å². The molecule has 1 aromatic rings. The number of nitro groups is 1. The SMILES string of the molecule is CCCNCCCNS(=O)(=O)c1ccccc1[N+](=O)[O-]. The van der Waals surface area contributed by atoms with Crippen LogP contribution in [0.25, 0.3) is 0 Å². The maximum absolute atomic E-state index is 12.0. The molecule has 0 unspecified atom stereocenters. The summed E-state index contributed by atoms with van der Waals surface area (Å²) in [4.78, 5) is 9.82. The highest BCUT2D eigenvalue weighted by Gasteiger charge is 2.24. The van der Waals surface area contributed by atoms with Crippen LogP contribution in [0.5, 0.6) is 0 Å². The van der Waals surface area contributed by atoms with Crippen molar-refractivity contribution in [3.63, 3.8) is 0 Å². The summed E-state index contributed by atoms with van der Waals surface area (Å²) >= 11 is 0. The average molecular weight is 301 g/mol. The minimum Gasteiger partial charge on any atom is -0.317 e. The van der Waals surface area contributed by atoms with Gasteiger partial charge in [-0.1, -0.05) is 19.1 Å². The maximum atomic E-state index is 12.0. The third-order valence-corrected chi connectivity index (χ3v) is 4.11. The quantitative estimate of drug-likeness (QED) is 0.406. The van der Waals surface area contributed by atoms with E-state index < -0.39 is 20.6 Å². The van der Waals surface area contributed by atoms with Gasteiger partial charge in [-0.3, -0.25) is 10.1 Å². The van der Waals surface area contributed by atoms with E-state index in [4.69, 9.17) is 0 Å². The zero-order chi connectivity index (χ0) is 15.0. The first-order valence-corrected chi connectivity index (χ1v) is 7.91. The van der Waals surface area contributed by atoms with Crippen molar-refractivity contribution in [2.75, 3.05) is 19.6 Å². The maximum Gasteiger partial charge on any atom is 0.289 e. The molecule has 20 heavy (non-hydrogen) atoms. The summed E-state index contributed by atoms with van der Waals surface area (Å²) in [5, 5.41) is 14.0. The van der Waals surface area contributed by atoms with Crippen LogP contribution in [0.1, 0.15) is 19.8 Å². The van der Waals surface area contributed by atoms with Crippen LogP contribution in [0.15, 0.2) is 29.2 Å². The molecule has 0 atom stereocenters. The van der Waals surface area contributed by atoms with Crippen molar-refractivity contribution in [3.05, 3.63) is 34.4 Å². The van der Waals surface area contributed by atoms with E-state index in [1.165, 1.54) is 24.3 Å². The topological polar surface area (TPSA) is 101 Å².